The molecular formula is C13H18N4O3. The molecule has 1 N–H and O–H groups in total. The lowest BCUT2D eigenvalue weighted by Crippen LogP contribution is -2.32. The summed E-state index contributed by atoms with van der Waals surface area (Å²) in [5.74, 6) is 0.975. The third kappa shape index (κ3) is 2.56. The predicted molar refractivity (Wildman–Crippen MR) is 70.9 cm³/mol. The number of aryl methyl sites for hydroxylation is 1. The van der Waals surface area contributed by atoms with Crippen LogP contribution in [0.15, 0.2) is 16.5 Å². The van der Waals surface area contributed by atoms with Crippen LogP contribution in [0, 0.1) is 5.41 Å². The van der Waals surface area contributed by atoms with Gasteiger partial charge in [-0.1, -0.05) is 13.8 Å². The maximum atomic E-state index is 11.4. The normalized spacial score (nSPS) is 14.2. The summed E-state index contributed by atoms with van der Waals surface area (Å²) in [6, 6.07) is 3.66. The molecule has 7 heteroatoms. The monoisotopic (exact) mass is 278 g/mol. The van der Waals surface area contributed by atoms with Crippen molar-refractivity contribution in [3.8, 4) is 11.6 Å². The zero-order chi connectivity index (χ0) is 14.8. The first kappa shape index (κ1) is 14.2. The molecular weight excluding hydrogens is 260 g/mol. The van der Waals surface area contributed by atoms with E-state index in [1.807, 2.05) is 19.9 Å². The highest BCUT2D eigenvalue weighted by Crippen LogP contribution is 2.27. The Labute approximate surface area is 116 Å². The summed E-state index contributed by atoms with van der Waals surface area (Å²) in [5, 5.41) is 20.8. The number of hydrogen-bond donors (Lipinski definition) is 1. The summed E-state index contributed by atoms with van der Waals surface area (Å²) >= 11 is 0. The Morgan fingerprint density at radius 1 is 1.45 bits per heavy atom. The molecule has 0 bridgehead atoms. The van der Waals surface area contributed by atoms with Gasteiger partial charge in [-0.05, 0) is 35.9 Å². The highest BCUT2D eigenvalue weighted by Gasteiger charge is 2.33. The summed E-state index contributed by atoms with van der Waals surface area (Å²) in [4.78, 5) is 11.4. The zero-order valence-electron chi connectivity index (χ0n) is 11.8. The van der Waals surface area contributed by atoms with Crippen LogP contribution in [0.4, 0.5) is 0 Å². The van der Waals surface area contributed by atoms with Crippen LogP contribution < -0.4 is 0 Å². The lowest BCUT2D eigenvalue weighted by molar-refractivity contribution is -0.149. The van der Waals surface area contributed by atoms with Gasteiger partial charge in [-0.25, -0.2) is 4.68 Å². The van der Waals surface area contributed by atoms with Gasteiger partial charge in [0.2, 0.25) is 5.82 Å². The molecule has 0 spiro atoms. The molecule has 0 aromatic carbocycles. The van der Waals surface area contributed by atoms with Crippen LogP contribution >= 0.6 is 0 Å². The molecule has 0 aliphatic carbocycles. The summed E-state index contributed by atoms with van der Waals surface area (Å²) in [7, 11) is 0. The molecule has 20 heavy (non-hydrogen) atoms. The molecule has 2 aromatic rings. The highest BCUT2D eigenvalue weighted by atomic mass is 16.4. The molecule has 0 saturated heterocycles. The molecule has 0 saturated carbocycles. The maximum Gasteiger partial charge on any atom is 0.311 e. The van der Waals surface area contributed by atoms with Crippen LogP contribution in [0.3, 0.4) is 0 Å². The number of rotatable bonds is 6. The maximum absolute atomic E-state index is 11.4. The van der Waals surface area contributed by atoms with E-state index in [9.17, 15) is 9.90 Å². The van der Waals surface area contributed by atoms with Crippen molar-refractivity contribution in [1.29, 1.82) is 0 Å². The average Bonchev–Trinajstić information content (AvgIpc) is 3.06. The van der Waals surface area contributed by atoms with Crippen molar-refractivity contribution in [3.63, 3.8) is 0 Å². The topological polar surface area (TPSA) is 94.0 Å². The molecule has 108 valence electrons. The van der Waals surface area contributed by atoms with E-state index in [0.717, 1.165) is 12.2 Å². The summed E-state index contributed by atoms with van der Waals surface area (Å²) in [5.41, 5.74) is -0.912. The summed E-state index contributed by atoms with van der Waals surface area (Å²) in [6.07, 6.45) is 1.27. The molecule has 2 heterocycles. The summed E-state index contributed by atoms with van der Waals surface area (Å²) in [6.45, 7) is 5.70. The smallest absolute Gasteiger partial charge is 0.311 e. The SMILES string of the molecule is CCc1ccc(-c2nnnn2CC(C)(CC)C(=O)O)o1. The number of furan rings is 1. The quantitative estimate of drug-likeness (QED) is 0.868. The molecule has 2 rings (SSSR count). The van der Waals surface area contributed by atoms with E-state index >= 15 is 0 Å². The van der Waals surface area contributed by atoms with Crippen molar-refractivity contribution in [2.45, 2.75) is 40.2 Å². The molecule has 1 unspecified atom stereocenters. The Hall–Kier alpha value is -2.18. The molecule has 0 fully saturated rings. The van der Waals surface area contributed by atoms with Crippen LogP contribution in [-0.2, 0) is 17.8 Å². The fraction of sp³-hybridized carbons (Fsp3) is 0.538. The number of aromatic nitrogens is 4. The largest absolute Gasteiger partial charge is 0.481 e. The Bertz CT molecular complexity index is 604. The second-order valence-corrected chi connectivity index (χ2v) is 5.00. The molecule has 0 amide bonds. The molecule has 2 aromatic heterocycles. The predicted octanol–water partition coefficient (Wildman–Crippen LogP) is 2.00. The minimum absolute atomic E-state index is 0.198. The van der Waals surface area contributed by atoms with Gasteiger partial charge < -0.3 is 9.52 Å². The van der Waals surface area contributed by atoms with Gasteiger partial charge >= 0.3 is 5.97 Å². The standard InChI is InChI=1S/C13H18N4O3/c1-4-9-6-7-10(20-9)11-14-15-16-17(11)8-13(3,5-2)12(18)19/h6-7H,4-5,8H2,1-3H3,(H,18,19). The van der Waals surface area contributed by atoms with Gasteiger partial charge in [0.15, 0.2) is 5.76 Å². The van der Waals surface area contributed by atoms with Gasteiger partial charge in [-0.3, -0.25) is 4.79 Å². The Kier molecular flexibility index (Phi) is 3.87. The van der Waals surface area contributed by atoms with E-state index in [4.69, 9.17) is 4.42 Å². The molecule has 7 nitrogen and oxygen atoms in total. The van der Waals surface area contributed by atoms with E-state index in [1.54, 1.807) is 13.0 Å². The molecule has 0 aliphatic rings. The van der Waals surface area contributed by atoms with E-state index in [0.29, 0.717) is 18.0 Å². The third-order valence-corrected chi connectivity index (χ3v) is 3.56. The van der Waals surface area contributed by atoms with Gasteiger partial charge in [-0.2, -0.15) is 0 Å². The van der Waals surface area contributed by atoms with Gasteiger partial charge in [0.05, 0.1) is 12.0 Å². The van der Waals surface area contributed by atoms with Crippen molar-refractivity contribution in [2.75, 3.05) is 0 Å². The van der Waals surface area contributed by atoms with Gasteiger partial charge in [0, 0.05) is 6.42 Å². The Morgan fingerprint density at radius 3 is 2.75 bits per heavy atom. The van der Waals surface area contributed by atoms with E-state index in [-0.39, 0.29) is 6.54 Å². The van der Waals surface area contributed by atoms with Crippen molar-refractivity contribution < 1.29 is 14.3 Å². The van der Waals surface area contributed by atoms with Crippen molar-refractivity contribution in [1.82, 2.24) is 20.2 Å². The first-order valence-corrected chi connectivity index (χ1v) is 6.58. The van der Waals surface area contributed by atoms with E-state index in [1.165, 1.54) is 4.68 Å². The number of hydrogen-bond acceptors (Lipinski definition) is 5. The number of tetrazole rings is 1. The minimum atomic E-state index is -0.912. The number of aliphatic carboxylic acids is 1. The fourth-order valence-electron chi connectivity index (χ4n) is 1.84. The molecule has 0 radical (unpaired) electrons. The van der Waals surface area contributed by atoms with Crippen molar-refractivity contribution in [2.24, 2.45) is 5.41 Å². The first-order valence-electron chi connectivity index (χ1n) is 6.58. The third-order valence-electron chi connectivity index (χ3n) is 3.56. The Morgan fingerprint density at radius 2 is 2.20 bits per heavy atom. The highest BCUT2D eigenvalue weighted by molar-refractivity contribution is 5.74. The molecule has 1 atom stereocenters. The zero-order valence-corrected chi connectivity index (χ0v) is 11.8. The van der Waals surface area contributed by atoms with E-state index in [2.05, 4.69) is 15.5 Å². The van der Waals surface area contributed by atoms with Crippen molar-refractivity contribution in [3.05, 3.63) is 17.9 Å². The minimum Gasteiger partial charge on any atom is -0.481 e. The Balaban J connectivity index is 2.31. The lowest BCUT2D eigenvalue weighted by atomic mass is 9.88. The fourth-order valence-corrected chi connectivity index (χ4v) is 1.84. The average molecular weight is 278 g/mol. The number of carboxylic acids is 1. The van der Waals surface area contributed by atoms with Crippen LogP contribution in [-0.4, -0.2) is 31.3 Å². The second kappa shape index (κ2) is 5.44. The van der Waals surface area contributed by atoms with Gasteiger partial charge in [-0.15, -0.1) is 5.10 Å². The number of carboxylic acid groups (broad SMARTS) is 1. The van der Waals surface area contributed by atoms with E-state index < -0.39 is 11.4 Å². The van der Waals surface area contributed by atoms with Gasteiger partial charge in [0.25, 0.3) is 0 Å². The van der Waals surface area contributed by atoms with Gasteiger partial charge in [0.1, 0.15) is 5.76 Å². The number of nitrogens with zero attached hydrogens (tertiary/aromatic N) is 4. The second-order valence-electron chi connectivity index (χ2n) is 5.00. The molecule has 0 aliphatic heterocycles. The first-order chi connectivity index (χ1) is 9.50. The van der Waals surface area contributed by atoms with Crippen LogP contribution in [0.2, 0.25) is 0 Å². The van der Waals surface area contributed by atoms with Crippen LogP contribution in [0.5, 0.6) is 0 Å². The van der Waals surface area contributed by atoms with Crippen LogP contribution in [0.1, 0.15) is 33.0 Å². The lowest BCUT2D eigenvalue weighted by Gasteiger charge is -2.22. The van der Waals surface area contributed by atoms with Crippen LogP contribution in [0.25, 0.3) is 11.6 Å². The van der Waals surface area contributed by atoms with Crippen molar-refractivity contribution >= 4 is 5.97 Å². The number of carbonyl (C=O) groups is 1. The summed E-state index contributed by atoms with van der Waals surface area (Å²) < 4.78 is 7.10.